The lowest BCUT2D eigenvalue weighted by Gasteiger charge is -2.28. The first-order valence-electron chi connectivity index (χ1n) is 11.9. The molecule has 0 unspecified atom stereocenters. The van der Waals surface area contributed by atoms with Crippen LogP contribution >= 0.6 is 11.6 Å². The van der Waals surface area contributed by atoms with E-state index in [9.17, 15) is 18.0 Å². The Morgan fingerprint density at radius 3 is 2.59 bits per heavy atom. The molecule has 4 aromatic rings. The van der Waals surface area contributed by atoms with Crippen molar-refractivity contribution in [2.24, 2.45) is 11.8 Å². The van der Waals surface area contributed by atoms with Crippen LogP contribution < -0.4 is 10.7 Å². The third-order valence-corrected chi connectivity index (χ3v) is 6.91. The van der Waals surface area contributed by atoms with E-state index in [-0.39, 0.29) is 23.4 Å². The summed E-state index contributed by atoms with van der Waals surface area (Å²) in [5.74, 6) is 0.401. The van der Waals surface area contributed by atoms with Gasteiger partial charge in [-0.15, -0.1) is 0 Å². The van der Waals surface area contributed by atoms with E-state index in [1.807, 2.05) is 4.57 Å². The fourth-order valence-electron chi connectivity index (χ4n) is 4.92. The Morgan fingerprint density at radius 2 is 1.95 bits per heavy atom. The summed E-state index contributed by atoms with van der Waals surface area (Å²) in [4.78, 5) is 28.6. The summed E-state index contributed by atoms with van der Waals surface area (Å²) < 4.78 is 46.6. The van der Waals surface area contributed by atoms with Crippen LogP contribution in [0, 0.1) is 11.8 Å². The van der Waals surface area contributed by atoms with Gasteiger partial charge in [0.2, 0.25) is 11.8 Å². The van der Waals surface area contributed by atoms with E-state index in [4.69, 9.17) is 16.6 Å². The molecule has 9 nitrogen and oxygen atoms in total. The molecule has 37 heavy (non-hydrogen) atoms. The standard InChI is InChI=1S/C24H25ClF3N7O2/c1-13-3-5-14(6-4-13)11-35-20-17(31-22(35)34(2)12-24(26,27)28)8-18(21-32-23(36)37-33-21)30-19(20)15-7-16(25)10-29-9-15/h7-10,13-14H,3-6,11-12H2,1-2H3,(H,32,33,36). The van der Waals surface area contributed by atoms with E-state index in [0.29, 0.717) is 39.8 Å². The Labute approximate surface area is 214 Å². The second-order valence-corrected chi connectivity index (χ2v) is 10.1. The number of aromatic amines is 1. The van der Waals surface area contributed by atoms with Crippen molar-refractivity contribution >= 4 is 28.6 Å². The van der Waals surface area contributed by atoms with E-state index >= 15 is 0 Å². The number of halogens is 4. The smallest absolute Gasteiger partial charge is 0.336 e. The van der Waals surface area contributed by atoms with Gasteiger partial charge in [0.15, 0.2) is 0 Å². The fourth-order valence-corrected chi connectivity index (χ4v) is 5.10. The average Bonchev–Trinajstić information content (AvgIpc) is 3.43. The Balaban J connectivity index is 1.73. The summed E-state index contributed by atoms with van der Waals surface area (Å²) in [5.41, 5.74) is 2.16. The average molecular weight is 536 g/mol. The lowest BCUT2D eigenvalue weighted by Crippen LogP contribution is -2.33. The van der Waals surface area contributed by atoms with Gasteiger partial charge in [0.05, 0.1) is 21.7 Å². The molecule has 1 N–H and O–H groups in total. The molecule has 1 fully saturated rings. The fraction of sp³-hybridized carbons (Fsp3) is 0.458. The second-order valence-electron chi connectivity index (χ2n) is 9.68. The molecule has 196 valence electrons. The molecular formula is C24H25ClF3N7O2. The van der Waals surface area contributed by atoms with Crippen LogP contribution in [0.3, 0.4) is 0 Å². The van der Waals surface area contributed by atoms with Crippen LogP contribution in [0.2, 0.25) is 5.02 Å². The lowest BCUT2D eigenvalue weighted by atomic mass is 9.83. The Morgan fingerprint density at radius 1 is 1.19 bits per heavy atom. The third-order valence-electron chi connectivity index (χ3n) is 6.70. The Kier molecular flexibility index (Phi) is 6.69. The summed E-state index contributed by atoms with van der Waals surface area (Å²) in [7, 11) is 1.37. The number of H-pyrrole nitrogens is 1. The summed E-state index contributed by atoms with van der Waals surface area (Å²) in [5, 5.41) is 4.09. The predicted octanol–water partition coefficient (Wildman–Crippen LogP) is 5.31. The maximum absolute atomic E-state index is 13.4. The van der Waals surface area contributed by atoms with Crippen molar-refractivity contribution in [3.05, 3.63) is 40.1 Å². The van der Waals surface area contributed by atoms with Gasteiger partial charge in [0, 0.05) is 31.5 Å². The van der Waals surface area contributed by atoms with Gasteiger partial charge >= 0.3 is 11.9 Å². The van der Waals surface area contributed by atoms with Crippen molar-refractivity contribution < 1.29 is 17.7 Å². The molecule has 1 aliphatic carbocycles. The maximum atomic E-state index is 13.4. The molecule has 5 rings (SSSR count). The molecule has 0 aromatic carbocycles. The minimum atomic E-state index is -4.42. The highest BCUT2D eigenvalue weighted by molar-refractivity contribution is 6.30. The van der Waals surface area contributed by atoms with Gasteiger partial charge in [-0.3, -0.25) is 14.5 Å². The van der Waals surface area contributed by atoms with Crippen molar-refractivity contribution in [3.8, 4) is 22.8 Å². The molecule has 0 atom stereocenters. The first-order valence-corrected chi connectivity index (χ1v) is 12.3. The molecule has 0 saturated heterocycles. The summed E-state index contributed by atoms with van der Waals surface area (Å²) >= 11 is 6.22. The number of hydrogen-bond acceptors (Lipinski definition) is 7. The highest BCUT2D eigenvalue weighted by Gasteiger charge is 2.32. The molecule has 0 amide bonds. The van der Waals surface area contributed by atoms with Gasteiger partial charge in [0.25, 0.3) is 0 Å². The molecule has 0 spiro atoms. The molecule has 0 bridgehead atoms. The number of nitrogens with zero attached hydrogens (tertiary/aromatic N) is 6. The Hall–Kier alpha value is -3.41. The van der Waals surface area contributed by atoms with Crippen LogP contribution in [0.1, 0.15) is 32.6 Å². The van der Waals surface area contributed by atoms with E-state index in [1.165, 1.54) is 13.2 Å². The monoisotopic (exact) mass is 535 g/mol. The molecule has 0 radical (unpaired) electrons. The highest BCUT2D eigenvalue weighted by Crippen LogP contribution is 2.37. The number of rotatable bonds is 6. The minimum Gasteiger partial charge on any atom is -0.336 e. The Bertz CT molecular complexity index is 1470. The van der Waals surface area contributed by atoms with Gasteiger partial charge in [-0.2, -0.15) is 13.2 Å². The predicted molar refractivity (Wildman–Crippen MR) is 132 cm³/mol. The minimum absolute atomic E-state index is 0.0733. The van der Waals surface area contributed by atoms with Crippen molar-refractivity contribution in [3.63, 3.8) is 0 Å². The number of pyridine rings is 2. The normalized spacial score (nSPS) is 18.4. The number of anilines is 1. The SMILES string of the molecule is CC1CCC(Cn2c(N(C)CC(F)(F)F)nc3cc(-c4noc(=O)[nH]4)nc(-c4cncc(Cl)c4)c32)CC1. The number of alkyl halides is 3. The maximum Gasteiger partial charge on any atom is 0.439 e. The van der Waals surface area contributed by atoms with Crippen LogP contribution in [0.15, 0.2) is 33.8 Å². The van der Waals surface area contributed by atoms with Gasteiger partial charge in [-0.25, -0.2) is 14.8 Å². The van der Waals surface area contributed by atoms with E-state index in [1.54, 1.807) is 18.3 Å². The number of imidazole rings is 1. The van der Waals surface area contributed by atoms with Gasteiger partial charge in [0.1, 0.15) is 12.2 Å². The van der Waals surface area contributed by atoms with E-state index < -0.39 is 18.5 Å². The largest absolute Gasteiger partial charge is 0.439 e. The van der Waals surface area contributed by atoms with E-state index in [2.05, 4.69) is 31.6 Å². The van der Waals surface area contributed by atoms with Gasteiger partial charge < -0.3 is 9.47 Å². The number of hydrogen-bond donors (Lipinski definition) is 1. The summed E-state index contributed by atoms with van der Waals surface area (Å²) in [6.07, 6.45) is 2.72. The first-order chi connectivity index (χ1) is 17.6. The molecule has 0 aliphatic heterocycles. The molecule has 1 aliphatic rings. The van der Waals surface area contributed by atoms with Crippen LogP contribution in [-0.4, -0.2) is 49.4 Å². The second kappa shape index (κ2) is 9.81. The number of nitrogens with one attached hydrogen (secondary N) is 1. The number of fused-ring (bicyclic) bond motifs is 1. The quantitative estimate of drug-likeness (QED) is 0.356. The molecule has 13 heteroatoms. The molecular weight excluding hydrogens is 511 g/mol. The van der Waals surface area contributed by atoms with Crippen LogP contribution in [-0.2, 0) is 6.54 Å². The first kappa shape index (κ1) is 25.2. The van der Waals surface area contributed by atoms with Gasteiger partial charge in [-0.05, 0) is 36.8 Å². The summed E-state index contributed by atoms with van der Waals surface area (Å²) in [6.45, 7) is 1.54. The van der Waals surface area contributed by atoms with Crippen molar-refractivity contribution in [1.29, 1.82) is 0 Å². The molecule has 4 aromatic heterocycles. The lowest BCUT2D eigenvalue weighted by molar-refractivity contribution is -0.119. The zero-order chi connectivity index (χ0) is 26.3. The number of aromatic nitrogens is 6. The van der Waals surface area contributed by atoms with Crippen LogP contribution in [0.4, 0.5) is 19.1 Å². The third kappa shape index (κ3) is 5.48. The zero-order valence-electron chi connectivity index (χ0n) is 20.2. The zero-order valence-corrected chi connectivity index (χ0v) is 21.0. The van der Waals surface area contributed by atoms with Crippen molar-refractivity contribution in [2.45, 2.75) is 45.3 Å². The summed E-state index contributed by atoms with van der Waals surface area (Å²) in [6, 6.07) is 3.25. The van der Waals surface area contributed by atoms with Crippen LogP contribution in [0.25, 0.3) is 33.8 Å². The van der Waals surface area contributed by atoms with Crippen LogP contribution in [0.5, 0.6) is 0 Å². The molecule has 4 heterocycles. The molecule has 1 saturated carbocycles. The van der Waals surface area contributed by atoms with Crippen molar-refractivity contribution in [2.75, 3.05) is 18.5 Å². The van der Waals surface area contributed by atoms with E-state index in [0.717, 1.165) is 30.6 Å². The van der Waals surface area contributed by atoms with Gasteiger partial charge in [-0.1, -0.05) is 36.5 Å². The highest BCUT2D eigenvalue weighted by atomic mass is 35.5. The topological polar surface area (TPSA) is 106 Å². The van der Waals surface area contributed by atoms with Crippen molar-refractivity contribution in [1.82, 2.24) is 29.7 Å².